The molecular weight excluding hydrogens is 601 g/mol. The number of alkyl halides is 3. The summed E-state index contributed by atoms with van der Waals surface area (Å²) in [6, 6.07) is 2.47. The first-order valence-electron chi connectivity index (χ1n) is 15.9. The van der Waals surface area contributed by atoms with Crippen molar-refractivity contribution >= 4 is 14.3 Å². The van der Waals surface area contributed by atoms with Gasteiger partial charge in [0.2, 0.25) is 0 Å². The summed E-state index contributed by atoms with van der Waals surface area (Å²) in [5.41, 5.74) is 2.43. The number of carbonyl (C=O) groups excluding carboxylic acids is 1. The van der Waals surface area contributed by atoms with Gasteiger partial charge in [-0.05, 0) is 48.2 Å². The van der Waals surface area contributed by atoms with Crippen molar-refractivity contribution in [1.82, 2.24) is 9.97 Å². The van der Waals surface area contributed by atoms with Crippen molar-refractivity contribution in [2.45, 2.75) is 129 Å². The van der Waals surface area contributed by atoms with Crippen LogP contribution in [0.3, 0.4) is 0 Å². The van der Waals surface area contributed by atoms with Gasteiger partial charge in [-0.1, -0.05) is 48.5 Å². The highest BCUT2D eigenvalue weighted by atomic mass is 28.4. The molecule has 0 saturated carbocycles. The quantitative estimate of drug-likeness (QED) is 0.237. The van der Waals surface area contributed by atoms with Gasteiger partial charge in [-0.2, -0.15) is 13.2 Å². The third-order valence-electron chi connectivity index (χ3n) is 10.1. The Morgan fingerprint density at radius 3 is 2.24 bits per heavy atom. The van der Waals surface area contributed by atoms with Crippen molar-refractivity contribution < 1.29 is 36.6 Å². The van der Waals surface area contributed by atoms with Crippen LogP contribution >= 0.6 is 0 Å². The molecule has 3 atom stereocenters. The largest absolute Gasteiger partial charge is 0.455 e. The van der Waals surface area contributed by atoms with Gasteiger partial charge in [-0.3, -0.25) is 14.8 Å². The summed E-state index contributed by atoms with van der Waals surface area (Å²) in [5.74, 6) is -0.456. The van der Waals surface area contributed by atoms with E-state index in [1.807, 2.05) is 13.8 Å². The summed E-state index contributed by atoms with van der Waals surface area (Å²) in [5, 5.41) is -0.0714. The summed E-state index contributed by atoms with van der Waals surface area (Å²) in [6.45, 7) is 21.7. The molecule has 3 aliphatic rings. The first kappa shape index (κ1) is 34.0. The number of pyridine rings is 2. The summed E-state index contributed by atoms with van der Waals surface area (Å²) >= 11 is 0. The lowest BCUT2D eigenvalue weighted by Gasteiger charge is -2.48. The highest BCUT2D eigenvalue weighted by Gasteiger charge is 2.56. The van der Waals surface area contributed by atoms with Gasteiger partial charge in [0.15, 0.2) is 8.32 Å². The number of carbonyl (C=O) groups is 1. The molecule has 2 aromatic heterocycles. The minimum atomic E-state index is -4.50. The van der Waals surface area contributed by atoms with Crippen LogP contribution < -0.4 is 0 Å². The van der Waals surface area contributed by atoms with Crippen molar-refractivity contribution in [1.29, 1.82) is 0 Å². The monoisotopic (exact) mass is 648 g/mol. The standard InChI is InChI=1S/C34H47F3N2O5Si/c1-19(2)27-25-26(33(13-15-41-16-14-33)43-29(25)22-12-11-21(18-38-22)34(35,36)37)24-23(44-45(9,10)31(4,5)6)17-32(7,8)30(28(24)39-27)42-20(3)40/h11-12,18-19,23,29-30H,13-17H2,1-10H3. The van der Waals surface area contributed by atoms with Crippen LogP contribution in [0, 0.1) is 5.41 Å². The number of aromatic nitrogens is 2. The fourth-order valence-electron chi connectivity index (χ4n) is 6.79. The lowest BCUT2D eigenvalue weighted by molar-refractivity contribution is -0.156. The maximum Gasteiger partial charge on any atom is 0.417 e. The number of rotatable bonds is 5. The zero-order valence-electron chi connectivity index (χ0n) is 28.1. The summed E-state index contributed by atoms with van der Waals surface area (Å²) < 4.78 is 66.6. The zero-order valence-corrected chi connectivity index (χ0v) is 29.1. The molecule has 4 heterocycles. The molecule has 0 amide bonds. The minimum Gasteiger partial charge on any atom is -0.455 e. The first-order chi connectivity index (χ1) is 20.7. The van der Waals surface area contributed by atoms with E-state index in [1.54, 1.807) is 0 Å². The van der Waals surface area contributed by atoms with Crippen LogP contribution in [0.2, 0.25) is 18.1 Å². The molecule has 1 fully saturated rings. The van der Waals surface area contributed by atoms with E-state index in [1.165, 1.54) is 13.0 Å². The van der Waals surface area contributed by atoms with Crippen LogP contribution in [0.25, 0.3) is 0 Å². The van der Waals surface area contributed by atoms with E-state index in [4.69, 9.17) is 23.6 Å². The van der Waals surface area contributed by atoms with E-state index >= 15 is 0 Å². The van der Waals surface area contributed by atoms with Crippen LogP contribution in [-0.4, -0.2) is 37.5 Å². The Balaban J connectivity index is 1.83. The normalized spacial score (nSPS) is 24.4. The van der Waals surface area contributed by atoms with Gasteiger partial charge in [0.05, 0.1) is 28.7 Å². The Morgan fingerprint density at radius 2 is 1.73 bits per heavy atom. The van der Waals surface area contributed by atoms with Gasteiger partial charge < -0.3 is 18.6 Å². The Hall–Kier alpha value is -2.34. The molecule has 7 nitrogen and oxygen atoms in total. The predicted molar refractivity (Wildman–Crippen MR) is 166 cm³/mol. The fraction of sp³-hybridized carbons (Fsp3) is 0.676. The Kier molecular flexibility index (Phi) is 8.63. The summed E-state index contributed by atoms with van der Waals surface area (Å²) in [7, 11) is -2.33. The SMILES string of the molecule is CC(=O)OC1c2nc(C(C)C)c3c(c2C(O[Si](C)(C)C(C)(C)C)CC1(C)C)C1(CCOCC1)OC3c1ccc(C(F)(F)F)cn1. The van der Waals surface area contributed by atoms with Gasteiger partial charge in [-0.25, -0.2) is 0 Å². The van der Waals surface area contributed by atoms with Crippen LogP contribution in [0.5, 0.6) is 0 Å². The molecule has 45 heavy (non-hydrogen) atoms. The zero-order chi connectivity index (χ0) is 33.3. The van der Waals surface area contributed by atoms with E-state index in [2.05, 4.69) is 52.7 Å². The summed E-state index contributed by atoms with van der Waals surface area (Å²) in [6.07, 6.45) is -3.63. The second kappa shape index (κ2) is 11.4. The topological polar surface area (TPSA) is 79.8 Å². The van der Waals surface area contributed by atoms with E-state index in [0.717, 1.165) is 34.6 Å². The molecule has 1 saturated heterocycles. The number of hydrogen-bond acceptors (Lipinski definition) is 7. The van der Waals surface area contributed by atoms with Gasteiger partial charge in [-0.15, -0.1) is 0 Å². The maximum absolute atomic E-state index is 13.5. The molecule has 0 radical (unpaired) electrons. The first-order valence-corrected chi connectivity index (χ1v) is 18.8. The lowest BCUT2D eigenvalue weighted by atomic mass is 9.68. The summed E-state index contributed by atoms with van der Waals surface area (Å²) in [4.78, 5) is 22.1. The molecule has 1 aliphatic carbocycles. The molecule has 1 spiro atoms. The van der Waals surface area contributed by atoms with Gasteiger partial charge >= 0.3 is 12.1 Å². The van der Waals surface area contributed by atoms with Crippen molar-refractivity contribution in [3.8, 4) is 0 Å². The average Bonchev–Trinajstić information content (AvgIpc) is 3.23. The Morgan fingerprint density at radius 1 is 1.09 bits per heavy atom. The minimum absolute atomic E-state index is 0.0673. The lowest BCUT2D eigenvalue weighted by Crippen LogP contribution is -2.46. The third kappa shape index (κ3) is 6.10. The van der Waals surface area contributed by atoms with Crippen LogP contribution in [0.15, 0.2) is 18.3 Å². The van der Waals surface area contributed by atoms with Crippen molar-refractivity contribution in [3.63, 3.8) is 0 Å². The molecule has 2 aliphatic heterocycles. The number of halogens is 3. The molecule has 3 unspecified atom stereocenters. The third-order valence-corrected chi connectivity index (χ3v) is 14.6. The van der Waals surface area contributed by atoms with Gasteiger partial charge in [0.1, 0.15) is 12.2 Å². The second-order valence-electron chi connectivity index (χ2n) is 15.4. The fourth-order valence-corrected chi connectivity index (χ4v) is 8.06. The second-order valence-corrected chi connectivity index (χ2v) is 20.1. The Bertz CT molecular complexity index is 1440. The van der Waals surface area contributed by atoms with Crippen LogP contribution in [-0.2, 0) is 35.2 Å². The molecule has 5 rings (SSSR count). The highest BCUT2D eigenvalue weighted by Crippen LogP contribution is 2.61. The predicted octanol–water partition coefficient (Wildman–Crippen LogP) is 8.84. The molecule has 0 aromatic carbocycles. The number of nitrogens with zero attached hydrogens (tertiary/aromatic N) is 2. The Labute approximate surface area is 265 Å². The van der Waals surface area contributed by atoms with Crippen molar-refractivity contribution in [2.24, 2.45) is 5.41 Å². The molecule has 248 valence electrons. The molecule has 2 aromatic rings. The number of ether oxygens (including phenoxy) is 3. The molecule has 0 N–H and O–H groups in total. The average molecular weight is 649 g/mol. The molecule has 0 bridgehead atoms. The number of esters is 1. The number of hydrogen-bond donors (Lipinski definition) is 0. The smallest absolute Gasteiger partial charge is 0.417 e. The maximum atomic E-state index is 13.5. The van der Waals surface area contributed by atoms with Crippen molar-refractivity contribution in [2.75, 3.05) is 13.2 Å². The van der Waals surface area contributed by atoms with E-state index in [0.29, 0.717) is 43.9 Å². The van der Waals surface area contributed by atoms with Crippen LogP contribution in [0.4, 0.5) is 13.2 Å². The van der Waals surface area contributed by atoms with E-state index < -0.39 is 43.3 Å². The van der Waals surface area contributed by atoms with Gasteiger partial charge in [0, 0.05) is 61.4 Å². The van der Waals surface area contributed by atoms with E-state index in [-0.39, 0.29) is 23.0 Å². The van der Waals surface area contributed by atoms with E-state index in [9.17, 15) is 18.0 Å². The molecule has 11 heteroatoms. The number of fused-ring (bicyclic) bond motifs is 4. The highest BCUT2D eigenvalue weighted by molar-refractivity contribution is 6.74. The van der Waals surface area contributed by atoms with Gasteiger partial charge in [0.25, 0.3) is 0 Å². The molecular formula is C34H47F3N2O5Si. The van der Waals surface area contributed by atoms with Crippen molar-refractivity contribution in [3.05, 3.63) is 57.7 Å². The van der Waals surface area contributed by atoms with Crippen LogP contribution in [0.1, 0.15) is 138 Å².